The number of nitrogens with zero attached hydrogens (tertiary/aromatic N) is 3. The van der Waals surface area contributed by atoms with Gasteiger partial charge in [-0.15, -0.1) is 0 Å². The van der Waals surface area contributed by atoms with Crippen LogP contribution in [0.5, 0.6) is 0 Å². The number of aromatic nitrogens is 3. The highest BCUT2D eigenvalue weighted by atomic mass is 15.3. The van der Waals surface area contributed by atoms with Crippen LogP contribution in [0.25, 0.3) is 11.4 Å². The van der Waals surface area contributed by atoms with E-state index < -0.39 is 0 Å². The van der Waals surface area contributed by atoms with E-state index in [0.29, 0.717) is 0 Å². The standard InChI is InChI=1S/C9H9N3/c1-12-7-10-9(11-12)8-5-3-2-4-6-8/h2-7H,1H3. The van der Waals surface area contributed by atoms with E-state index in [1.807, 2.05) is 37.4 Å². The van der Waals surface area contributed by atoms with Crippen LogP contribution in [-0.2, 0) is 7.05 Å². The second kappa shape index (κ2) is 2.77. The van der Waals surface area contributed by atoms with Crippen LogP contribution in [0.15, 0.2) is 36.7 Å². The van der Waals surface area contributed by atoms with Crippen molar-refractivity contribution < 1.29 is 0 Å². The first kappa shape index (κ1) is 7.03. The molecule has 2 aromatic rings. The molecule has 0 N–H and O–H groups in total. The lowest BCUT2D eigenvalue weighted by molar-refractivity contribution is 0.768. The van der Waals surface area contributed by atoms with Crippen LogP contribution in [0.4, 0.5) is 0 Å². The fraction of sp³-hybridized carbons (Fsp3) is 0.111. The van der Waals surface area contributed by atoms with Crippen LogP contribution in [0.3, 0.4) is 0 Å². The highest BCUT2D eigenvalue weighted by molar-refractivity contribution is 5.53. The molecule has 0 unspecified atom stereocenters. The van der Waals surface area contributed by atoms with Gasteiger partial charge >= 0.3 is 0 Å². The van der Waals surface area contributed by atoms with Gasteiger partial charge in [-0.1, -0.05) is 30.3 Å². The third-order valence-electron chi connectivity index (χ3n) is 1.63. The van der Waals surface area contributed by atoms with Gasteiger partial charge < -0.3 is 0 Å². The number of hydrogen-bond acceptors (Lipinski definition) is 2. The normalized spacial score (nSPS) is 10.1. The highest BCUT2D eigenvalue weighted by Gasteiger charge is 1.99. The van der Waals surface area contributed by atoms with Gasteiger partial charge in [0.05, 0.1) is 0 Å². The van der Waals surface area contributed by atoms with Gasteiger partial charge in [-0.3, -0.25) is 4.68 Å². The van der Waals surface area contributed by atoms with E-state index in [4.69, 9.17) is 0 Å². The van der Waals surface area contributed by atoms with E-state index in [1.54, 1.807) is 11.0 Å². The second-order valence-electron chi connectivity index (χ2n) is 2.61. The summed E-state index contributed by atoms with van der Waals surface area (Å²) < 4.78 is 1.70. The number of benzene rings is 1. The molecule has 0 saturated carbocycles. The summed E-state index contributed by atoms with van der Waals surface area (Å²) in [6.45, 7) is 0. The van der Waals surface area contributed by atoms with E-state index in [9.17, 15) is 0 Å². The summed E-state index contributed by atoms with van der Waals surface area (Å²) in [6.07, 6.45) is 1.70. The van der Waals surface area contributed by atoms with E-state index in [-0.39, 0.29) is 0 Å². The number of rotatable bonds is 1. The van der Waals surface area contributed by atoms with Gasteiger partial charge in [0.15, 0.2) is 5.82 Å². The van der Waals surface area contributed by atoms with Crippen LogP contribution in [-0.4, -0.2) is 14.8 Å². The van der Waals surface area contributed by atoms with Crippen molar-refractivity contribution >= 4 is 0 Å². The Kier molecular flexibility index (Phi) is 1.63. The average Bonchev–Trinajstić information content (AvgIpc) is 2.54. The van der Waals surface area contributed by atoms with Gasteiger partial charge in [-0.05, 0) is 0 Å². The molecule has 0 aliphatic heterocycles. The van der Waals surface area contributed by atoms with Gasteiger partial charge in [0.2, 0.25) is 0 Å². The average molecular weight is 159 g/mol. The summed E-state index contributed by atoms with van der Waals surface area (Å²) in [5.74, 6) is 0.776. The van der Waals surface area contributed by atoms with Crippen molar-refractivity contribution in [2.45, 2.75) is 0 Å². The van der Waals surface area contributed by atoms with Gasteiger partial charge in [0.25, 0.3) is 0 Å². The minimum absolute atomic E-state index is 0.776. The lowest BCUT2D eigenvalue weighted by Crippen LogP contribution is -1.87. The zero-order valence-electron chi connectivity index (χ0n) is 6.81. The molecule has 12 heavy (non-hydrogen) atoms. The van der Waals surface area contributed by atoms with Crippen LogP contribution < -0.4 is 0 Å². The Labute approximate surface area is 70.7 Å². The molecule has 0 bridgehead atoms. The fourth-order valence-electron chi connectivity index (χ4n) is 1.06. The highest BCUT2D eigenvalue weighted by Crippen LogP contribution is 2.11. The molecule has 0 amide bonds. The van der Waals surface area contributed by atoms with E-state index >= 15 is 0 Å². The quantitative estimate of drug-likeness (QED) is 0.631. The number of aryl methyl sites for hydroxylation is 1. The first-order valence-corrected chi connectivity index (χ1v) is 3.77. The monoisotopic (exact) mass is 159 g/mol. The number of hydrogen-bond donors (Lipinski definition) is 0. The second-order valence-corrected chi connectivity index (χ2v) is 2.61. The molecule has 1 heterocycles. The van der Waals surface area contributed by atoms with Gasteiger partial charge in [0, 0.05) is 12.6 Å². The van der Waals surface area contributed by atoms with Crippen LogP contribution in [0, 0.1) is 0 Å². The van der Waals surface area contributed by atoms with Crippen molar-refractivity contribution in [3.63, 3.8) is 0 Å². The third kappa shape index (κ3) is 1.21. The summed E-state index contributed by atoms with van der Waals surface area (Å²) in [6, 6.07) is 9.93. The Morgan fingerprint density at radius 2 is 1.92 bits per heavy atom. The van der Waals surface area contributed by atoms with Crippen molar-refractivity contribution in [1.82, 2.24) is 14.8 Å². The maximum atomic E-state index is 4.19. The molecule has 1 aromatic carbocycles. The zero-order chi connectivity index (χ0) is 8.39. The zero-order valence-corrected chi connectivity index (χ0v) is 6.81. The smallest absolute Gasteiger partial charge is 0.181 e. The van der Waals surface area contributed by atoms with Crippen LogP contribution in [0.2, 0.25) is 0 Å². The SMILES string of the molecule is Cn1cnc(-c2ccccc2)n1. The van der Waals surface area contributed by atoms with E-state index in [0.717, 1.165) is 11.4 Å². The van der Waals surface area contributed by atoms with Crippen molar-refractivity contribution in [3.05, 3.63) is 36.7 Å². The Morgan fingerprint density at radius 3 is 2.50 bits per heavy atom. The summed E-state index contributed by atoms with van der Waals surface area (Å²) in [5, 5.41) is 4.19. The predicted molar refractivity (Wildman–Crippen MR) is 46.4 cm³/mol. The van der Waals surface area contributed by atoms with Crippen molar-refractivity contribution in [2.24, 2.45) is 7.05 Å². The van der Waals surface area contributed by atoms with Crippen LogP contribution in [0.1, 0.15) is 0 Å². The molecular formula is C9H9N3. The van der Waals surface area contributed by atoms with Crippen molar-refractivity contribution in [2.75, 3.05) is 0 Å². The van der Waals surface area contributed by atoms with E-state index in [1.165, 1.54) is 0 Å². The van der Waals surface area contributed by atoms with Crippen molar-refractivity contribution in [1.29, 1.82) is 0 Å². The van der Waals surface area contributed by atoms with Gasteiger partial charge in [-0.2, -0.15) is 5.10 Å². The Morgan fingerprint density at radius 1 is 1.17 bits per heavy atom. The van der Waals surface area contributed by atoms with Gasteiger partial charge in [0.1, 0.15) is 6.33 Å². The predicted octanol–water partition coefficient (Wildman–Crippen LogP) is 1.48. The summed E-state index contributed by atoms with van der Waals surface area (Å²) in [4.78, 5) is 4.14. The molecule has 0 aliphatic carbocycles. The molecule has 0 fully saturated rings. The van der Waals surface area contributed by atoms with Gasteiger partial charge in [-0.25, -0.2) is 4.98 Å². The van der Waals surface area contributed by atoms with Crippen LogP contribution >= 0.6 is 0 Å². The third-order valence-corrected chi connectivity index (χ3v) is 1.63. The lowest BCUT2D eigenvalue weighted by atomic mass is 10.2. The molecule has 2 rings (SSSR count). The summed E-state index contributed by atoms with van der Waals surface area (Å²) in [5.41, 5.74) is 1.05. The summed E-state index contributed by atoms with van der Waals surface area (Å²) in [7, 11) is 1.86. The molecule has 0 aliphatic rings. The fourth-order valence-corrected chi connectivity index (χ4v) is 1.06. The lowest BCUT2D eigenvalue weighted by Gasteiger charge is -1.91. The topological polar surface area (TPSA) is 30.7 Å². The Balaban J connectivity index is 2.45. The minimum Gasteiger partial charge on any atom is -0.255 e. The maximum absolute atomic E-state index is 4.19. The van der Waals surface area contributed by atoms with Crippen molar-refractivity contribution in [3.8, 4) is 11.4 Å². The van der Waals surface area contributed by atoms with E-state index in [2.05, 4.69) is 10.1 Å². The molecule has 1 aromatic heterocycles. The molecule has 0 saturated heterocycles. The largest absolute Gasteiger partial charge is 0.255 e. The molecule has 0 spiro atoms. The first-order chi connectivity index (χ1) is 5.86. The molecule has 3 nitrogen and oxygen atoms in total. The molecule has 0 atom stereocenters. The molecule has 60 valence electrons. The summed E-state index contributed by atoms with van der Waals surface area (Å²) >= 11 is 0. The molecule has 0 radical (unpaired) electrons. The Hall–Kier alpha value is -1.64. The Bertz CT molecular complexity index is 364. The minimum atomic E-state index is 0.776. The molecular weight excluding hydrogens is 150 g/mol. The first-order valence-electron chi connectivity index (χ1n) is 3.77. The molecule has 3 heteroatoms. The maximum Gasteiger partial charge on any atom is 0.181 e.